The molecule has 6 rings (SSSR count). The standard InChI is InChI=1S/C35H36N2O6S/c1-6-41-28-18-22(8-12-27(28)42-14-13-19(2)3)31-30(32(38)23-9-11-26-24(17-23)16-21(5)43-26)33(39)34(40)37(31)35-36-25-10-7-20(4)15-29(25)44-35/h7-12,15,17-19,21,31,38H,6,13-14,16H2,1-5H3/b32-30+/t21-,31+/m0/s1. The number of rotatable bonds is 9. The zero-order valence-corrected chi connectivity index (χ0v) is 26.4. The number of aliphatic hydroxyl groups excluding tert-OH is 1. The molecule has 1 fully saturated rings. The summed E-state index contributed by atoms with van der Waals surface area (Å²) >= 11 is 1.34. The molecule has 2 atom stereocenters. The summed E-state index contributed by atoms with van der Waals surface area (Å²) in [6, 6.07) is 15.7. The molecule has 2 aliphatic rings. The Labute approximate surface area is 260 Å². The minimum absolute atomic E-state index is 0.00623. The molecule has 3 heterocycles. The molecular formula is C35H36N2O6S. The van der Waals surface area contributed by atoms with E-state index in [9.17, 15) is 14.7 Å². The Kier molecular flexibility index (Phi) is 8.07. The Balaban J connectivity index is 1.50. The van der Waals surface area contributed by atoms with E-state index in [4.69, 9.17) is 19.2 Å². The van der Waals surface area contributed by atoms with Gasteiger partial charge in [0.15, 0.2) is 16.6 Å². The third-order valence-electron chi connectivity index (χ3n) is 7.89. The quantitative estimate of drug-likeness (QED) is 0.120. The molecule has 1 amide bonds. The number of carbonyl (C=O) groups excluding carboxylic acids is 2. The highest BCUT2D eigenvalue weighted by Crippen LogP contribution is 2.46. The van der Waals surface area contributed by atoms with Gasteiger partial charge < -0.3 is 19.3 Å². The molecule has 228 valence electrons. The molecule has 44 heavy (non-hydrogen) atoms. The molecule has 4 aromatic rings. The number of hydrogen-bond acceptors (Lipinski definition) is 8. The molecule has 9 heteroatoms. The Bertz CT molecular complexity index is 1790. The predicted octanol–water partition coefficient (Wildman–Crippen LogP) is 7.38. The highest BCUT2D eigenvalue weighted by molar-refractivity contribution is 7.22. The lowest BCUT2D eigenvalue weighted by Gasteiger charge is -2.24. The van der Waals surface area contributed by atoms with Gasteiger partial charge in [0.05, 0.1) is 35.0 Å². The summed E-state index contributed by atoms with van der Waals surface area (Å²) < 4.78 is 18.8. The van der Waals surface area contributed by atoms with Gasteiger partial charge in [0.2, 0.25) is 0 Å². The van der Waals surface area contributed by atoms with Crippen LogP contribution in [0.25, 0.3) is 16.0 Å². The first-order valence-corrected chi connectivity index (χ1v) is 15.8. The van der Waals surface area contributed by atoms with E-state index < -0.39 is 17.7 Å². The Morgan fingerprint density at radius 2 is 1.91 bits per heavy atom. The van der Waals surface area contributed by atoms with Crippen molar-refractivity contribution in [1.82, 2.24) is 4.98 Å². The van der Waals surface area contributed by atoms with Crippen molar-refractivity contribution >= 4 is 44.1 Å². The van der Waals surface area contributed by atoms with Crippen LogP contribution in [0.3, 0.4) is 0 Å². The molecule has 8 nitrogen and oxygen atoms in total. The van der Waals surface area contributed by atoms with E-state index in [0.717, 1.165) is 33.5 Å². The van der Waals surface area contributed by atoms with Gasteiger partial charge in [-0.15, -0.1) is 0 Å². The average molecular weight is 613 g/mol. The number of benzene rings is 3. The van der Waals surface area contributed by atoms with Gasteiger partial charge in [0.1, 0.15) is 17.6 Å². The van der Waals surface area contributed by atoms with Gasteiger partial charge in [-0.2, -0.15) is 0 Å². The fourth-order valence-corrected chi connectivity index (χ4v) is 6.77. The highest BCUT2D eigenvalue weighted by Gasteiger charge is 2.48. The van der Waals surface area contributed by atoms with Crippen molar-refractivity contribution in [1.29, 1.82) is 0 Å². The van der Waals surface area contributed by atoms with Crippen molar-refractivity contribution in [3.8, 4) is 17.2 Å². The van der Waals surface area contributed by atoms with Gasteiger partial charge in [0.25, 0.3) is 5.78 Å². The smallest absolute Gasteiger partial charge is 0.301 e. The Morgan fingerprint density at radius 1 is 1.09 bits per heavy atom. The molecule has 1 N–H and O–H groups in total. The predicted molar refractivity (Wildman–Crippen MR) is 172 cm³/mol. The summed E-state index contributed by atoms with van der Waals surface area (Å²) in [6.07, 6.45) is 1.60. The monoisotopic (exact) mass is 612 g/mol. The van der Waals surface area contributed by atoms with Crippen molar-refractivity contribution in [2.24, 2.45) is 5.92 Å². The van der Waals surface area contributed by atoms with Crippen LogP contribution in [0, 0.1) is 12.8 Å². The van der Waals surface area contributed by atoms with E-state index in [1.54, 1.807) is 24.3 Å². The fraction of sp³-hybridized carbons (Fsp3) is 0.343. The number of aliphatic hydroxyl groups is 1. The number of ketones is 1. The first kappa shape index (κ1) is 29.7. The molecule has 0 bridgehead atoms. The molecule has 0 unspecified atom stereocenters. The third kappa shape index (κ3) is 5.52. The number of carbonyl (C=O) groups is 2. The van der Waals surface area contributed by atoms with E-state index in [-0.39, 0.29) is 17.4 Å². The molecule has 1 aromatic heterocycles. The van der Waals surface area contributed by atoms with Crippen LogP contribution in [0.2, 0.25) is 0 Å². The number of aryl methyl sites for hydroxylation is 1. The first-order chi connectivity index (χ1) is 21.1. The number of anilines is 1. The summed E-state index contributed by atoms with van der Waals surface area (Å²) in [4.78, 5) is 33.8. The first-order valence-electron chi connectivity index (χ1n) is 15.0. The van der Waals surface area contributed by atoms with Crippen molar-refractivity contribution in [2.75, 3.05) is 18.1 Å². The lowest BCUT2D eigenvalue weighted by Crippen LogP contribution is -2.29. The fourth-order valence-electron chi connectivity index (χ4n) is 5.68. The summed E-state index contributed by atoms with van der Waals surface area (Å²) in [5, 5.41) is 12.1. The van der Waals surface area contributed by atoms with Crippen LogP contribution in [0.15, 0.2) is 60.2 Å². The second-order valence-electron chi connectivity index (χ2n) is 11.8. The van der Waals surface area contributed by atoms with E-state index in [1.807, 2.05) is 51.1 Å². The van der Waals surface area contributed by atoms with Crippen LogP contribution in [0.5, 0.6) is 17.2 Å². The van der Waals surface area contributed by atoms with Gasteiger partial charge in [-0.3, -0.25) is 14.5 Å². The van der Waals surface area contributed by atoms with E-state index in [0.29, 0.717) is 53.3 Å². The second kappa shape index (κ2) is 12.0. The summed E-state index contributed by atoms with van der Waals surface area (Å²) in [5.74, 6) is 0.551. The van der Waals surface area contributed by atoms with Crippen LogP contribution in [-0.4, -0.2) is 41.1 Å². The number of ether oxygens (including phenoxy) is 3. The summed E-state index contributed by atoms with van der Waals surface area (Å²) in [6.45, 7) is 11.1. The molecule has 0 aliphatic carbocycles. The maximum atomic E-state index is 13.8. The number of hydrogen-bond donors (Lipinski definition) is 1. The van der Waals surface area contributed by atoms with E-state index in [1.165, 1.54) is 16.2 Å². The maximum Gasteiger partial charge on any atom is 0.301 e. The van der Waals surface area contributed by atoms with Crippen molar-refractivity contribution < 1.29 is 28.9 Å². The summed E-state index contributed by atoms with van der Waals surface area (Å²) in [7, 11) is 0. The van der Waals surface area contributed by atoms with Gasteiger partial charge in [-0.05, 0) is 92.3 Å². The zero-order valence-electron chi connectivity index (χ0n) is 25.5. The average Bonchev–Trinajstić information content (AvgIpc) is 3.65. The molecule has 1 saturated heterocycles. The van der Waals surface area contributed by atoms with Crippen molar-refractivity contribution in [3.05, 3.63) is 82.4 Å². The molecule has 3 aromatic carbocycles. The minimum atomic E-state index is -0.941. The van der Waals surface area contributed by atoms with Crippen molar-refractivity contribution in [3.63, 3.8) is 0 Å². The lowest BCUT2D eigenvalue weighted by molar-refractivity contribution is -0.132. The minimum Gasteiger partial charge on any atom is -0.507 e. The van der Waals surface area contributed by atoms with Crippen molar-refractivity contribution in [2.45, 2.75) is 59.6 Å². The topological polar surface area (TPSA) is 98.2 Å². The molecule has 0 spiro atoms. The zero-order chi connectivity index (χ0) is 31.1. The molecule has 0 saturated carbocycles. The maximum absolute atomic E-state index is 13.8. The van der Waals surface area contributed by atoms with Gasteiger partial charge >= 0.3 is 5.91 Å². The second-order valence-corrected chi connectivity index (χ2v) is 12.8. The Hall–Kier alpha value is -4.37. The van der Waals surface area contributed by atoms with E-state index >= 15 is 0 Å². The normalized spacial score (nSPS) is 19.1. The molecular weight excluding hydrogens is 576 g/mol. The number of aromatic nitrogens is 1. The summed E-state index contributed by atoms with van der Waals surface area (Å²) in [5.41, 5.74) is 3.77. The van der Waals surface area contributed by atoms with Crippen LogP contribution < -0.4 is 19.1 Å². The SMILES string of the molecule is CCOc1cc([C@@H]2/C(=C(\O)c3ccc4c(c3)C[C@H](C)O4)C(=O)C(=O)N2c2nc3ccc(C)cc3s2)ccc1OCCC(C)C. The number of thiazole rings is 1. The van der Waals surface area contributed by atoms with Crippen LogP contribution in [0.1, 0.15) is 62.4 Å². The number of fused-ring (bicyclic) bond motifs is 2. The van der Waals surface area contributed by atoms with Crippen LogP contribution in [0.4, 0.5) is 5.13 Å². The lowest BCUT2D eigenvalue weighted by atomic mass is 9.94. The van der Waals surface area contributed by atoms with E-state index in [2.05, 4.69) is 13.8 Å². The van der Waals surface area contributed by atoms with Gasteiger partial charge in [-0.25, -0.2) is 4.98 Å². The highest BCUT2D eigenvalue weighted by atomic mass is 32.1. The number of Topliss-reactive ketones (excluding diaryl/α,β-unsaturated/α-hetero) is 1. The van der Waals surface area contributed by atoms with Crippen LogP contribution in [-0.2, 0) is 16.0 Å². The van der Waals surface area contributed by atoms with Gasteiger partial charge in [0, 0.05) is 12.0 Å². The number of nitrogens with zero attached hydrogens (tertiary/aromatic N) is 2. The number of amides is 1. The largest absolute Gasteiger partial charge is 0.507 e. The third-order valence-corrected chi connectivity index (χ3v) is 8.91. The van der Waals surface area contributed by atoms with Crippen LogP contribution >= 0.6 is 11.3 Å². The van der Waals surface area contributed by atoms with Gasteiger partial charge in [-0.1, -0.05) is 37.3 Å². The molecule has 0 radical (unpaired) electrons. The Morgan fingerprint density at radius 3 is 2.68 bits per heavy atom. The molecule has 2 aliphatic heterocycles.